The maximum atomic E-state index is 12.3. The molecule has 0 unspecified atom stereocenters. The molecule has 7 nitrogen and oxygen atoms in total. The lowest BCUT2D eigenvalue weighted by molar-refractivity contribution is 0.0912. The summed E-state index contributed by atoms with van der Waals surface area (Å²) in [5.41, 5.74) is -1.52. The van der Waals surface area contributed by atoms with Crippen LogP contribution in [0.25, 0.3) is 10.9 Å². The van der Waals surface area contributed by atoms with E-state index in [4.69, 9.17) is 11.6 Å². The number of benzene rings is 1. The number of aromatic nitrogens is 2. The number of carbonyl (C=O) groups excluding carboxylic acids is 1. The number of phenols is 2. The monoisotopic (exact) mass is 311 g/mol. The van der Waals surface area contributed by atoms with Gasteiger partial charge in [-0.3, -0.25) is 14.7 Å². The van der Waals surface area contributed by atoms with Gasteiger partial charge in [-0.15, -0.1) is 0 Å². The van der Waals surface area contributed by atoms with Crippen molar-refractivity contribution in [3.05, 3.63) is 27.0 Å². The third kappa shape index (κ3) is 2.78. The molecule has 0 atom stereocenters. The predicted octanol–water partition coefficient (Wildman–Crippen LogP) is 1.52. The van der Waals surface area contributed by atoms with Crippen LogP contribution in [0.3, 0.4) is 0 Å². The second-order valence-corrected chi connectivity index (χ2v) is 5.96. The smallest absolute Gasteiger partial charge is 0.276 e. The highest BCUT2D eigenvalue weighted by molar-refractivity contribution is 6.37. The first-order valence-corrected chi connectivity index (χ1v) is 6.45. The van der Waals surface area contributed by atoms with E-state index in [-0.39, 0.29) is 21.6 Å². The number of aromatic hydroxyl groups is 2. The summed E-state index contributed by atoms with van der Waals surface area (Å²) >= 11 is 5.86. The highest BCUT2D eigenvalue weighted by Gasteiger charge is 2.22. The molecular weight excluding hydrogens is 298 g/mol. The van der Waals surface area contributed by atoms with Crippen molar-refractivity contribution < 1.29 is 15.0 Å². The van der Waals surface area contributed by atoms with Gasteiger partial charge in [0.25, 0.3) is 5.91 Å². The molecule has 1 amide bonds. The number of nitrogens with one attached hydrogen (secondary N) is 2. The Morgan fingerprint density at radius 3 is 2.57 bits per heavy atom. The quantitative estimate of drug-likeness (QED) is 0.596. The van der Waals surface area contributed by atoms with E-state index in [0.717, 1.165) is 6.07 Å². The molecule has 2 rings (SSSR count). The van der Waals surface area contributed by atoms with E-state index < -0.39 is 28.4 Å². The molecule has 0 fully saturated rings. The zero-order valence-electron chi connectivity index (χ0n) is 11.6. The third-order valence-corrected chi connectivity index (χ3v) is 3.02. The summed E-state index contributed by atoms with van der Waals surface area (Å²) < 4.78 is 0. The molecule has 1 heterocycles. The number of phenolic OH excluding ortho intramolecular Hbond substituents is 2. The molecule has 1 aromatic heterocycles. The summed E-state index contributed by atoms with van der Waals surface area (Å²) in [6.45, 7) is 5.28. The van der Waals surface area contributed by atoms with Gasteiger partial charge in [0.1, 0.15) is 0 Å². The van der Waals surface area contributed by atoms with Crippen molar-refractivity contribution in [3.63, 3.8) is 0 Å². The van der Waals surface area contributed by atoms with Gasteiger partial charge < -0.3 is 15.5 Å². The second-order valence-electron chi connectivity index (χ2n) is 5.59. The summed E-state index contributed by atoms with van der Waals surface area (Å²) in [5.74, 6) is -1.77. The van der Waals surface area contributed by atoms with Crippen molar-refractivity contribution in [2.24, 2.45) is 0 Å². The minimum Gasteiger partial charge on any atom is -0.504 e. The van der Waals surface area contributed by atoms with Gasteiger partial charge in [-0.25, -0.2) is 0 Å². The lowest BCUT2D eigenvalue weighted by Gasteiger charge is -2.19. The standard InChI is InChI=1S/C13H14ClN3O4/c1-13(2,3)15-12(21)9-11(20)7-5(16-17-9)4-6(18)10(19)8(7)14/h4,18-19H,1-3H3,(H,15,21)(H,16,20). The molecule has 0 bridgehead atoms. The van der Waals surface area contributed by atoms with Crippen LogP contribution >= 0.6 is 11.6 Å². The summed E-state index contributed by atoms with van der Waals surface area (Å²) in [6.07, 6.45) is 0. The summed E-state index contributed by atoms with van der Waals surface area (Å²) in [5, 5.41) is 27.4. The number of hydrogen-bond acceptors (Lipinski definition) is 5. The molecule has 4 N–H and O–H groups in total. The molecule has 1 aromatic carbocycles. The van der Waals surface area contributed by atoms with Gasteiger partial charge in [0.15, 0.2) is 17.2 Å². The van der Waals surface area contributed by atoms with E-state index in [1.807, 2.05) is 0 Å². The fourth-order valence-electron chi connectivity index (χ4n) is 1.78. The van der Waals surface area contributed by atoms with Crippen LogP contribution in [0.15, 0.2) is 10.9 Å². The Morgan fingerprint density at radius 1 is 1.38 bits per heavy atom. The molecule has 0 spiro atoms. The van der Waals surface area contributed by atoms with Gasteiger partial charge in [-0.2, -0.15) is 5.10 Å². The average Bonchev–Trinajstić information content (AvgIpc) is 2.33. The average molecular weight is 312 g/mol. The molecule has 2 aromatic rings. The lowest BCUT2D eigenvalue weighted by Crippen LogP contribution is -2.43. The molecule has 8 heteroatoms. The summed E-state index contributed by atoms with van der Waals surface area (Å²) in [6, 6.07) is 1.11. The van der Waals surface area contributed by atoms with Gasteiger partial charge in [0.2, 0.25) is 5.43 Å². The second kappa shape index (κ2) is 4.92. The number of nitrogens with zero attached hydrogens (tertiary/aromatic N) is 1. The zero-order chi connectivity index (χ0) is 15.9. The number of rotatable bonds is 1. The number of aromatic amines is 1. The maximum Gasteiger partial charge on any atom is 0.276 e. The number of fused-ring (bicyclic) bond motifs is 1. The first kappa shape index (κ1) is 15.1. The number of amides is 1. The normalized spacial score (nSPS) is 11.6. The Kier molecular flexibility index (Phi) is 3.54. The number of carbonyl (C=O) groups is 1. The Bertz CT molecular complexity index is 793. The highest BCUT2D eigenvalue weighted by Crippen LogP contribution is 2.37. The van der Waals surface area contributed by atoms with Crippen LogP contribution in [0, 0.1) is 0 Å². The van der Waals surface area contributed by atoms with Crippen LogP contribution in [-0.4, -0.2) is 31.9 Å². The molecule has 0 saturated carbocycles. The zero-order valence-corrected chi connectivity index (χ0v) is 12.4. The van der Waals surface area contributed by atoms with E-state index >= 15 is 0 Å². The largest absolute Gasteiger partial charge is 0.504 e. The summed E-state index contributed by atoms with van der Waals surface area (Å²) in [7, 11) is 0. The molecule has 0 radical (unpaired) electrons. The van der Waals surface area contributed by atoms with Gasteiger partial charge in [0, 0.05) is 11.6 Å². The Labute approximate surface area is 124 Å². The predicted molar refractivity (Wildman–Crippen MR) is 77.9 cm³/mol. The lowest BCUT2D eigenvalue weighted by atomic mass is 10.1. The van der Waals surface area contributed by atoms with Crippen molar-refractivity contribution >= 4 is 28.4 Å². The van der Waals surface area contributed by atoms with E-state index in [1.165, 1.54) is 0 Å². The minimum atomic E-state index is -0.731. The third-order valence-electron chi connectivity index (χ3n) is 2.65. The van der Waals surface area contributed by atoms with Crippen LogP contribution in [-0.2, 0) is 0 Å². The van der Waals surface area contributed by atoms with Crippen LogP contribution in [0.2, 0.25) is 5.02 Å². The topological polar surface area (TPSA) is 115 Å². The van der Waals surface area contributed by atoms with Crippen LogP contribution in [0.5, 0.6) is 11.5 Å². The van der Waals surface area contributed by atoms with Gasteiger partial charge >= 0.3 is 0 Å². The molecule has 21 heavy (non-hydrogen) atoms. The van der Waals surface area contributed by atoms with E-state index in [1.54, 1.807) is 20.8 Å². The van der Waals surface area contributed by atoms with E-state index in [0.29, 0.717) is 0 Å². The van der Waals surface area contributed by atoms with Gasteiger partial charge in [-0.1, -0.05) is 11.6 Å². The minimum absolute atomic E-state index is 0.110. The SMILES string of the molecule is CC(C)(C)NC(=O)c1n[nH]c2cc(O)c(O)c(Cl)c2c1=O. The summed E-state index contributed by atoms with van der Waals surface area (Å²) in [4.78, 5) is 24.4. The van der Waals surface area contributed by atoms with Gasteiger partial charge in [-0.05, 0) is 20.8 Å². The molecule has 0 aliphatic rings. The van der Waals surface area contributed by atoms with Crippen molar-refractivity contribution in [1.82, 2.24) is 15.5 Å². The molecular formula is C13H14ClN3O4. The van der Waals surface area contributed by atoms with Gasteiger partial charge in [0.05, 0.1) is 15.9 Å². The Morgan fingerprint density at radius 2 is 2.00 bits per heavy atom. The van der Waals surface area contributed by atoms with Crippen LogP contribution in [0.4, 0.5) is 0 Å². The number of hydrogen-bond donors (Lipinski definition) is 4. The Balaban J connectivity index is 2.68. The van der Waals surface area contributed by atoms with Crippen molar-refractivity contribution in [2.45, 2.75) is 26.3 Å². The number of halogens is 1. The van der Waals surface area contributed by atoms with Crippen molar-refractivity contribution in [1.29, 1.82) is 0 Å². The first-order valence-electron chi connectivity index (χ1n) is 6.07. The fraction of sp³-hybridized carbons (Fsp3) is 0.308. The Hall–Kier alpha value is -2.28. The van der Waals surface area contributed by atoms with Crippen molar-refractivity contribution in [2.75, 3.05) is 0 Å². The van der Waals surface area contributed by atoms with E-state index in [9.17, 15) is 19.8 Å². The maximum absolute atomic E-state index is 12.3. The van der Waals surface area contributed by atoms with Crippen LogP contribution < -0.4 is 10.7 Å². The molecule has 0 aliphatic carbocycles. The first-order chi connectivity index (χ1) is 9.61. The van der Waals surface area contributed by atoms with Crippen LogP contribution in [0.1, 0.15) is 31.3 Å². The molecule has 0 saturated heterocycles. The fourth-order valence-corrected chi connectivity index (χ4v) is 2.06. The highest BCUT2D eigenvalue weighted by atomic mass is 35.5. The van der Waals surface area contributed by atoms with E-state index in [2.05, 4.69) is 15.5 Å². The molecule has 0 aliphatic heterocycles. The van der Waals surface area contributed by atoms with Crippen molar-refractivity contribution in [3.8, 4) is 11.5 Å². The number of H-pyrrole nitrogens is 1. The molecule has 112 valence electrons.